The number of thioether (sulfide) groups is 1. The molecule has 0 atom stereocenters. The molecule has 0 bridgehead atoms. The second-order valence-electron chi connectivity index (χ2n) is 5.17. The van der Waals surface area contributed by atoms with E-state index in [0.29, 0.717) is 15.9 Å². The van der Waals surface area contributed by atoms with Crippen LogP contribution in [0.1, 0.15) is 16.7 Å². The zero-order valence-electron chi connectivity index (χ0n) is 12.3. The number of hydrogen-bond donors (Lipinski definition) is 0. The first-order valence-corrected chi connectivity index (χ1v) is 8.29. The largest absolute Gasteiger partial charge is 0.618 e. The van der Waals surface area contributed by atoms with Crippen LogP contribution in [0, 0.1) is 19.1 Å². The molecule has 0 saturated carbocycles. The van der Waals surface area contributed by atoms with Gasteiger partial charge in [-0.2, -0.15) is 4.73 Å². The van der Waals surface area contributed by atoms with Crippen molar-refractivity contribution >= 4 is 34.3 Å². The van der Waals surface area contributed by atoms with Gasteiger partial charge in [0, 0.05) is 28.8 Å². The molecule has 0 unspecified atom stereocenters. The average molecular weight is 331 g/mol. The van der Waals surface area contributed by atoms with Gasteiger partial charge in [-0.05, 0) is 37.1 Å². The molecule has 2 aromatic heterocycles. The molecular weight excluding hydrogens is 316 g/mol. The SMILES string of the molecule is Cc1ccc2cc(CSc3cccc[n+]3[O-])c(Cl)nc2c1C. The molecule has 0 radical (unpaired) electrons. The fourth-order valence-corrected chi connectivity index (χ4v) is 3.45. The molecule has 3 aromatic rings. The van der Waals surface area contributed by atoms with E-state index in [2.05, 4.69) is 37.0 Å². The van der Waals surface area contributed by atoms with Gasteiger partial charge >= 0.3 is 0 Å². The first-order chi connectivity index (χ1) is 10.6. The van der Waals surface area contributed by atoms with E-state index in [1.165, 1.54) is 23.5 Å². The standard InChI is InChI=1S/C17H15ClN2OS/c1-11-6-7-13-9-14(17(18)19-16(13)12(11)2)10-22-15-5-3-4-8-20(15)21/h3-9H,10H2,1-2H3. The average Bonchev–Trinajstić information content (AvgIpc) is 2.51. The highest BCUT2D eigenvalue weighted by Crippen LogP contribution is 2.28. The number of fused-ring (bicyclic) bond motifs is 1. The normalized spacial score (nSPS) is 11.0. The Balaban J connectivity index is 1.93. The van der Waals surface area contributed by atoms with Crippen LogP contribution in [0.2, 0.25) is 5.15 Å². The monoisotopic (exact) mass is 330 g/mol. The number of hydrogen-bond acceptors (Lipinski definition) is 3. The van der Waals surface area contributed by atoms with E-state index in [1.807, 2.05) is 6.07 Å². The number of pyridine rings is 2. The number of rotatable bonds is 3. The van der Waals surface area contributed by atoms with E-state index in [9.17, 15) is 5.21 Å². The smallest absolute Gasteiger partial charge is 0.251 e. The van der Waals surface area contributed by atoms with Crippen molar-refractivity contribution in [2.24, 2.45) is 0 Å². The third-order valence-electron chi connectivity index (χ3n) is 3.70. The van der Waals surface area contributed by atoms with E-state index < -0.39 is 0 Å². The molecule has 3 nitrogen and oxygen atoms in total. The van der Waals surface area contributed by atoms with Gasteiger partial charge in [-0.25, -0.2) is 4.98 Å². The summed E-state index contributed by atoms with van der Waals surface area (Å²) in [4.78, 5) is 4.54. The number of nitrogens with zero attached hydrogens (tertiary/aromatic N) is 2. The van der Waals surface area contributed by atoms with E-state index in [0.717, 1.165) is 26.8 Å². The predicted octanol–water partition coefficient (Wildman–Crippen LogP) is 4.43. The minimum atomic E-state index is 0.502. The Kier molecular flexibility index (Phi) is 4.23. The molecule has 1 aromatic carbocycles. The van der Waals surface area contributed by atoms with Crippen molar-refractivity contribution in [2.45, 2.75) is 24.6 Å². The molecule has 112 valence electrons. The lowest BCUT2D eigenvalue weighted by molar-refractivity contribution is -0.645. The van der Waals surface area contributed by atoms with Crippen LogP contribution in [0.15, 0.2) is 47.6 Å². The summed E-state index contributed by atoms with van der Waals surface area (Å²) in [5, 5.41) is 13.9. The number of aromatic nitrogens is 2. The van der Waals surface area contributed by atoms with Crippen LogP contribution >= 0.6 is 23.4 Å². The molecule has 5 heteroatoms. The molecule has 0 aliphatic carbocycles. The maximum absolute atomic E-state index is 11.7. The lowest BCUT2D eigenvalue weighted by Crippen LogP contribution is -2.27. The van der Waals surface area contributed by atoms with Crippen molar-refractivity contribution in [3.05, 3.63) is 69.6 Å². The summed E-state index contributed by atoms with van der Waals surface area (Å²) in [6, 6.07) is 11.6. The van der Waals surface area contributed by atoms with Crippen LogP contribution in [0.25, 0.3) is 10.9 Å². The summed E-state index contributed by atoms with van der Waals surface area (Å²) < 4.78 is 0.862. The number of halogens is 1. The first-order valence-electron chi connectivity index (χ1n) is 6.92. The van der Waals surface area contributed by atoms with Gasteiger partial charge in [0.05, 0.1) is 5.52 Å². The third-order valence-corrected chi connectivity index (χ3v) is 5.10. The Bertz CT molecular complexity index is 851. The molecule has 0 aliphatic rings. The number of benzene rings is 1. The van der Waals surface area contributed by atoms with E-state index >= 15 is 0 Å². The topological polar surface area (TPSA) is 39.8 Å². The lowest BCUT2D eigenvalue weighted by atomic mass is 10.0. The molecule has 0 fully saturated rings. The summed E-state index contributed by atoms with van der Waals surface area (Å²) in [5.41, 5.74) is 4.23. The quantitative estimate of drug-likeness (QED) is 0.309. The van der Waals surface area contributed by atoms with Gasteiger partial charge in [-0.3, -0.25) is 0 Å². The molecule has 2 heterocycles. The number of aryl methyl sites for hydroxylation is 2. The fraction of sp³-hybridized carbons (Fsp3) is 0.176. The summed E-state index contributed by atoms with van der Waals surface area (Å²) >= 11 is 7.78. The molecular formula is C17H15ClN2OS. The van der Waals surface area contributed by atoms with Crippen molar-refractivity contribution in [3.8, 4) is 0 Å². The molecule has 0 saturated heterocycles. The Hall–Kier alpha value is -1.78. The molecule has 0 aliphatic heterocycles. The van der Waals surface area contributed by atoms with Crippen LogP contribution in [0.3, 0.4) is 0 Å². The van der Waals surface area contributed by atoms with Crippen molar-refractivity contribution < 1.29 is 4.73 Å². The lowest BCUT2D eigenvalue weighted by Gasteiger charge is -2.09. The van der Waals surface area contributed by atoms with E-state index in [1.54, 1.807) is 12.1 Å². The maximum Gasteiger partial charge on any atom is 0.251 e. The van der Waals surface area contributed by atoms with E-state index in [-0.39, 0.29) is 0 Å². The molecule has 22 heavy (non-hydrogen) atoms. The zero-order chi connectivity index (χ0) is 15.7. The van der Waals surface area contributed by atoms with Gasteiger partial charge in [0.15, 0.2) is 6.20 Å². The second-order valence-corrected chi connectivity index (χ2v) is 6.52. The molecule has 0 N–H and O–H groups in total. The molecule has 0 spiro atoms. The third kappa shape index (κ3) is 2.89. The van der Waals surface area contributed by atoms with E-state index in [4.69, 9.17) is 11.6 Å². The van der Waals surface area contributed by atoms with Gasteiger partial charge < -0.3 is 5.21 Å². The van der Waals surface area contributed by atoms with Gasteiger partial charge in [0.1, 0.15) is 5.15 Å². The Morgan fingerprint density at radius 3 is 2.82 bits per heavy atom. The fourth-order valence-electron chi connectivity index (χ4n) is 2.28. The van der Waals surface area contributed by atoms with Crippen molar-refractivity contribution in [1.82, 2.24) is 4.98 Å². The summed E-state index contributed by atoms with van der Waals surface area (Å²) in [7, 11) is 0. The zero-order valence-corrected chi connectivity index (χ0v) is 13.9. The van der Waals surface area contributed by atoms with Crippen LogP contribution in [-0.2, 0) is 5.75 Å². The molecule has 3 rings (SSSR count). The Morgan fingerprint density at radius 1 is 1.23 bits per heavy atom. The first kappa shape index (κ1) is 15.1. The van der Waals surface area contributed by atoms with Crippen LogP contribution in [0.4, 0.5) is 0 Å². The predicted molar refractivity (Wildman–Crippen MR) is 91.2 cm³/mol. The Morgan fingerprint density at radius 2 is 2.05 bits per heavy atom. The summed E-state index contributed by atoms with van der Waals surface area (Å²) in [6.45, 7) is 4.12. The van der Waals surface area contributed by atoms with Crippen LogP contribution in [-0.4, -0.2) is 4.98 Å². The van der Waals surface area contributed by atoms with Crippen LogP contribution in [0.5, 0.6) is 0 Å². The van der Waals surface area contributed by atoms with Gasteiger partial charge in [0.25, 0.3) is 5.03 Å². The van der Waals surface area contributed by atoms with Crippen molar-refractivity contribution in [3.63, 3.8) is 0 Å². The minimum absolute atomic E-state index is 0.502. The van der Waals surface area contributed by atoms with Crippen molar-refractivity contribution in [1.29, 1.82) is 0 Å². The van der Waals surface area contributed by atoms with Gasteiger partial charge in [0.2, 0.25) is 0 Å². The highest BCUT2D eigenvalue weighted by Gasteiger charge is 2.11. The highest BCUT2D eigenvalue weighted by atomic mass is 35.5. The Labute approximate surface area is 138 Å². The summed E-state index contributed by atoms with van der Waals surface area (Å²) in [5.74, 6) is 0.612. The van der Waals surface area contributed by atoms with Gasteiger partial charge in [-0.15, -0.1) is 0 Å². The second kappa shape index (κ2) is 6.15. The van der Waals surface area contributed by atoms with Crippen LogP contribution < -0.4 is 4.73 Å². The van der Waals surface area contributed by atoms with Crippen molar-refractivity contribution in [2.75, 3.05) is 0 Å². The minimum Gasteiger partial charge on any atom is -0.618 e. The highest BCUT2D eigenvalue weighted by molar-refractivity contribution is 7.98. The summed E-state index contributed by atoms with van der Waals surface area (Å²) in [6.07, 6.45) is 1.49. The van der Waals surface area contributed by atoms with Gasteiger partial charge in [-0.1, -0.05) is 35.5 Å². The maximum atomic E-state index is 11.7. The molecule has 0 amide bonds.